The van der Waals surface area contributed by atoms with E-state index in [1.165, 1.54) is 77.0 Å². The number of carboxylic acids is 1. The molecule has 0 aliphatic heterocycles. The highest BCUT2D eigenvalue weighted by molar-refractivity contribution is 5.85. The first kappa shape index (κ1) is 22.2. The Morgan fingerprint density at radius 1 is 0.826 bits per heavy atom. The van der Waals surface area contributed by atoms with Gasteiger partial charge < -0.3 is 5.11 Å². The van der Waals surface area contributed by atoms with Crippen LogP contribution in [0.15, 0.2) is 11.6 Å². The quantitative estimate of drug-likeness (QED) is 0.242. The Hall–Kier alpha value is -0.790. The highest BCUT2D eigenvalue weighted by Gasteiger charge is 2.08. The molecule has 0 fully saturated rings. The molecule has 0 saturated heterocycles. The molecular formula is C21H40O2. The van der Waals surface area contributed by atoms with Gasteiger partial charge in [-0.05, 0) is 25.7 Å². The molecule has 0 aliphatic carbocycles. The Bertz CT molecular complexity index is 307. The number of aliphatic carboxylic acids is 1. The maximum atomic E-state index is 10.8. The van der Waals surface area contributed by atoms with Crippen molar-refractivity contribution in [1.29, 1.82) is 0 Å². The lowest BCUT2D eigenvalue weighted by atomic mass is 9.90. The molecule has 0 spiro atoms. The van der Waals surface area contributed by atoms with Crippen molar-refractivity contribution in [3.8, 4) is 0 Å². The second-order valence-corrected chi connectivity index (χ2v) is 7.04. The number of allylic oxidation sites excluding steroid dienone is 1. The molecule has 136 valence electrons. The minimum Gasteiger partial charge on any atom is -0.478 e. The smallest absolute Gasteiger partial charge is 0.330 e. The van der Waals surface area contributed by atoms with Gasteiger partial charge in [0.05, 0.1) is 0 Å². The molecule has 0 saturated carbocycles. The van der Waals surface area contributed by atoms with Gasteiger partial charge in [-0.25, -0.2) is 4.79 Å². The molecule has 2 heteroatoms. The third-order valence-corrected chi connectivity index (χ3v) is 4.79. The summed E-state index contributed by atoms with van der Waals surface area (Å²) in [6.45, 7) is 6.22. The van der Waals surface area contributed by atoms with E-state index in [1.807, 2.05) is 6.08 Å². The van der Waals surface area contributed by atoms with E-state index >= 15 is 0 Å². The molecule has 0 aromatic carbocycles. The number of carbonyl (C=O) groups is 1. The van der Waals surface area contributed by atoms with Crippen LogP contribution >= 0.6 is 0 Å². The van der Waals surface area contributed by atoms with Gasteiger partial charge in [0.1, 0.15) is 0 Å². The Kier molecular flexibility index (Phi) is 15.5. The van der Waals surface area contributed by atoms with Gasteiger partial charge in [-0.3, -0.25) is 0 Å². The van der Waals surface area contributed by atoms with Gasteiger partial charge in [0.15, 0.2) is 0 Å². The summed E-state index contributed by atoms with van der Waals surface area (Å²) >= 11 is 0. The van der Waals surface area contributed by atoms with Crippen molar-refractivity contribution in [2.75, 3.05) is 0 Å². The lowest BCUT2D eigenvalue weighted by molar-refractivity contribution is -0.132. The van der Waals surface area contributed by atoms with Crippen LogP contribution in [0.2, 0.25) is 0 Å². The number of carboxylic acid groups (broad SMARTS) is 1. The van der Waals surface area contributed by atoms with E-state index in [0.717, 1.165) is 18.8 Å². The fourth-order valence-corrected chi connectivity index (χ4v) is 3.13. The Balaban J connectivity index is 4.02. The monoisotopic (exact) mass is 324 g/mol. The average molecular weight is 325 g/mol. The lowest BCUT2D eigenvalue weighted by Gasteiger charge is -2.16. The maximum absolute atomic E-state index is 10.8. The van der Waals surface area contributed by atoms with E-state index in [0.29, 0.717) is 5.57 Å². The first-order chi connectivity index (χ1) is 11.1. The molecule has 23 heavy (non-hydrogen) atoms. The van der Waals surface area contributed by atoms with Gasteiger partial charge in [0, 0.05) is 5.57 Å². The molecule has 0 bridgehead atoms. The summed E-state index contributed by atoms with van der Waals surface area (Å²) in [7, 11) is 0. The average Bonchev–Trinajstić information content (AvgIpc) is 2.53. The van der Waals surface area contributed by atoms with Gasteiger partial charge in [-0.1, -0.05) is 97.0 Å². The highest BCUT2D eigenvalue weighted by atomic mass is 16.4. The van der Waals surface area contributed by atoms with Crippen molar-refractivity contribution in [2.45, 2.75) is 111 Å². The number of rotatable bonds is 16. The van der Waals surface area contributed by atoms with Gasteiger partial charge in [-0.15, -0.1) is 0 Å². The molecule has 1 N–H and O–H groups in total. The summed E-state index contributed by atoms with van der Waals surface area (Å²) in [5.74, 6) is 0.0105. The molecule has 0 radical (unpaired) electrons. The largest absolute Gasteiger partial charge is 0.478 e. The van der Waals surface area contributed by atoms with Gasteiger partial charge >= 0.3 is 5.97 Å². The summed E-state index contributed by atoms with van der Waals surface area (Å²) in [5.41, 5.74) is 0.495. The van der Waals surface area contributed by atoms with E-state index < -0.39 is 5.97 Å². The number of hydrogen-bond acceptors (Lipinski definition) is 1. The van der Waals surface area contributed by atoms with Crippen molar-refractivity contribution < 1.29 is 9.90 Å². The normalized spacial score (nSPS) is 13.3. The standard InChI is InChI=1S/C21H40O2/c1-4-6-8-10-11-13-17-20(16-12-9-7-5-2)18-14-15-19(3)21(22)23/h15,20H,4-14,16-18H2,1-3H3,(H,22,23). The Morgan fingerprint density at radius 3 is 1.83 bits per heavy atom. The zero-order valence-corrected chi connectivity index (χ0v) is 15.9. The van der Waals surface area contributed by atoms with Crippen LogP contribution in [0.5, 0.6) is 0 Å². The van der Waals surface area contributed by atoms with Crippen LogP contribution in [0.1, 0.15) is 111 Å². The van der Waals surface area contributed by atoms with Crippen molar-refractivity contribution >= 4 is 5.97 Å². The minimum atomic E-state index is -0.777. The molecule has 2 nitrogen and oxygen atoms in total. The topological polar surface area (TPSA) is 37.3 Å². The summed E-state index contributed by atoms with van der Waals surface area (Å²) in [6, 6.07) is 0. The van der Waals surface area contributed by atoms with Crippen LogP contribution in [0, 0.1) is 5.92 Å². The second-order valence-electron chi connectivity index (χ2n) is 7.04. The first-order valence-corrected chi connectivity index (χ1v) is 10.0. The van der Waals surface area contributed by atoms with E-state index in [2.05, 4.69) is 13.8 Å². The molecule has 0 aromatic heterocycles. The fourth-order valence-electron chi connectivity index (χ4n) is 3.13. The van der Waals surface area contributed by atoms with E-state index in [9.17, 15) is 4.79 Å². The number of hydrogen-bond donors (Lipinski definition) is 1. The van der Waals surface area contributed by atoms with Crippen LogP contribution < -0.4 is 0 Å². The van der Waals surface area contributed by atoms with Crippen LogP contribution in [-0.2, 0) is 4.79 Å². The van der Waals surface area contributed by atoms with Crippen molar-refractivity contribution in [1.82, 2.24) is 0 Å². The minimum absolute atomic E-state index is 0.495. The molecule has 0 rings (SSSR count). The SMILES string of the molecule is CCCCCCCCC(CCC=C(C)C(=O)O)CCCCCC. The van der Waals surface area contributed by atoms with Gasteiger partial charge in [0.2, 0.25) is 0 Å². The van der Waals surface area contributed by atoms with Crippen molar-refractivity contribution in [3.05, 3.63) is 11.6 Å². The molecule has 1 atom stereocenters. The van der Waals surface area contributed by atoms with Gasteiger partial charge in [0.25, 0.3) is 0 Å². The third-order valence-electron chi connectivity index (χ3n) is 4.79. The predicted molar refractivity (Wildman–Crippen MR) is 101 cm³/mol. The summed E-state index contributed by atoms with van der Waals surface area (Å²) in [6.07, 6.45) is 20.2. The van der Waals surface area contributed by atoms with Crippen molar-refractivity contribution in [2.24, 2.45) is 5.92 Å². The summed E-state index contributed by atoms with van der Waals surface area (Å²) in [5, 5.41) is 8.92. The molecule has 0 heterocycles. The third kappa shape index (κ3) is 14.5. The van der Waals surface area contributed by atoms with Crippen LogP contribution in [-0.4, -0.2) is 11.1 Å². The molecule has 0 aliphatic rings. The zero-order valence-electron chi connectivity index (χ0n) is 15.9. The van der Waals surface area contributed by atoms with E-state index in [4.69, 9.17) is 5.11 Å². The molecular weight excluding hydrogens is 284 g/mol. The first-order valence-electron chi connectivity index (χ1n) is 10.0. The van der Waals surface area contributed by atoms with Crippen LogP contribution in [0.3, 0.4) is 0 Å². The van der Waals surface area contributed by atoms with Crippen LogP contribution in [0.25, 0.3) is 0 Å². The Labute approximate surface area is 144 Å². The maximum Gasteiger partial charge on any atom is 0.330 e. The second kappa shape index (κ2) is 16.1. The summed E-state index contributed by atoms with van der Waals surface area (Å²) < 4.78 is 0. The molecule has 0 aromatic rings. The van der Waals surface area contributed by atoms with Gasteiger partial charge in [-0.2, -0.15) is 0 Å². The zero-order chi connectivity index (χ0) is 17.3. The van der Waals surface area contributed by atoms with E-state index in [1.54, 1.807) is 6.92 Å². The summed E-state index contributed by atoms with van der Waals surface area (Å²) in [4.78, 5) is 10.8. The predicted octanol–water partition coefficient (Wildman–Crippen LogP) is 7.13. The highest BCUT2D eigenvalue weighted by Crippen LogP contribution is 2.23. The lowest BCUT2D eigenvalue weighted by Crippen LogP contribution is -2.02. The van der Waals surface area contributed by atoms with E-state index in [-0.39, 0.29) is 0 Å². The fraction of sp³-hybridized carbons (Fsp3) is 0.857. The Morgan fingerprint density at radius 2 is 1.30 bits per heavy atom. The van der Waals surface area contributed by atoms with Crippen LogP contribution in [0.4, 0.5) is 0 Å². The number of unbranched alkanes of at least 4 members (excludes halogenated alkanes) is 8. The van der Waals surface area contributed by atoms with Crippen molar-refractivity contribution in [3.63, 3.8) is 0 Å². The molecule has 1 unspecified atom stereocenters. The molecule has 0 amide bonds.